The van der Waals surface area contributed by atoms with Crippen molar-refractivity contribution in [2.24, 2.45) is 12.8 Å². The van der Waals surface area contributed by atoms with Gasteiger partial charge in [-0.15, -0.1) is 0 Å². The van der Waals surface area contributed by atoms with Crippen molar-refractivity contribution in [2.45, 2.75) is 38.9 Å². The number of benzene rings is 1. The normalized spacial score (nSPS) is 14.4. The molecule has 208 valence electrons. The van der Waals surface area contributed by atoms with Crippen molar-refractivity contribution in [3.8, 4) is 0 Å². The molecule has 15 heteroatoms. The van der Waals surface area contributed by atoms with Crippen molar-refractivity contribution in [1.82, 2.24) is 24.1 Å². The van der Waals surface area contributed by atoms with Crippen LogP contribution in [0.5, 0.6) is 0 Å². The second kappa shape index (κ2) is 10.5. The van der Waals surface area contributed by atoms with Gasteiger partial charge in [-0.1, -0.05) is 0 Å². The number of carbonyl (C=O) groups is 2. The SMILES string of the molecule is Cc1cn2cc(NC(=O)c3c(F)cc(N4CCC(N)CC4)c4cn(C)nc34)nc2c(C)n1.O=C(O)C(F)(F)F. The lowest BCUT2D eigenvalue weighted by Gasteiger charge is -2.32. The Labute approximate surface area is 219 Å². The molecular formula is C24H26F4N8O3. The third-order valence-electron chi connectivity index (χ3n) is 6.16. The Bertz CT molecular complexity index is 1550. The number of imidazole rings is 1. The molecule has 11 nitrogen and oxygen atoms in total. The molecule has 0 radical (unpaired) electrons. The lowest BCUT2D eigenvalue weighted by Crippen LogP contribution is -2.39. The van der Waals surface area contributed by atoms with Gasteiger partial charge in [0.1, 0.15) is 16.9 Å². The van der Waals surface area contributed by atoms with Crippen LogP contribution < -0.4 is 16.0 Å². The van der Waals surface area contributed by atoms with Crippen molar-refractivity contribution in [3.05, 3.63) is 47.4 Å². The molecule has 1 aliphatic heterocycles. The van der Waals surface area contributed by atoms with E-state index >= 15 is 4.39 Å². The molecule has 5 rings (SSSR count). The minimum Gasteiger partial charge on any atom is -0.475 e. The van der Waals surface area contributed by atoms with Crippen LogP contribution in [0, 0.1) is 19.7 Å². The molecule has 1 saturated heterocycles. The van der Waals surface area contributed by atoms with E-state index in [1.807, 2.05) is 26.2 Å². The number of fused-ring (bicyclic) bond motifs is 2. The van der Waals surface area contributed by atoms with Gasteiger partial charge in [0.15, 0.2) is 11.5 Å². The number of halogens is 4. The summed E-state index contributed by atoms with van der Waals surface area (Å²) >= 11 is 0. The number of carboxylic acids is 1. The number of carbonyl (C=O) groups excluding carboxylic acids is 1. The van der Waals surface area contributed by atoms with Crippen LogP contribution in [-0.4, -0.2) is 66.4 Å². The van der Waals surface area contributed by atoms with Gasteiger partial charge in [-0.2, -0.15) is 18.3 Å². The summed E-state index contributed by atoms with van der Waals surface area (Å²) in [5, 5.41) is 15.0. The zero-order valence-corrected chi connectivity index (χ0v) is 21.3. The number of hydrogen-bond donors (Lipinski definition) is 3. The van der Waals surface area contributed by atoms with Crippen molar-refractivity contribution >= 4 is 39.9 Å². The van der Waals surface area contributed by atoms with Gasteiger partial charge in [0.2, 0.25) is 0 Å². The summed E-state index contributed by atoms with van der Waals surface area (Å²) in [6.45, 7) is 5.22. The summed E-state index contributed by atoms with van der Waals surface area (Å²) in [6, 6.07) is 1.59. The highest BCUT2D eigenvalue weighted by Gasteiger charge is 2.38. The zero-order chi connectivity index (χ0) is 28.6. The molecule has 1 amide bonds. The minimum absolute atomic E-state index is 0.0962. The molecule has 1 aromatic carbocycles. The number of nitrogens with one attached hydrogen (secondary N) is 1. The van der Waals surface area contributed by atoms with E-state index in [0.717, 1.165) is 48.4 Å². The molecule has 1 fully saturated rings. The van der Waals surface area contributed by atoms with Crippen molar-refractivity contribution in [2.75, 3.05) is 23.3 Å². The third kappa shape index (κ3) is 5.92. The Balaban J connectivity index is 0.000000448. The van der Waals surface area contributed by atoms with Crippen LogP contribution in [0.15, 0.2) is 24.7 Å². The molecular weight excluding hydrogens is 524 g/mol. The average molecular weight is 551 g/mol. The lowest BCUT2D eigenvalue weighted by atomic mass is 10.0. The maximum Gasteiger partial charge on any atom is 0.490 e. The number of nitrogens with two attached hydrogens (primary N) is 1. The molecule has 0 atom stereocenters. The monoisotopic (exact) mass is 550 g/mol. The molecule has 3 aromatic heterocycles. The van der Waals surface area contributed by atoms with E-state index in [2.05, 4.69) is 25.3 Å². The predicted octanol–water partition coefficient (Wildman–Crippen LogP) is 3.19. The topological polar surface area (TPSA) is 144 Å². The number of nitrogens with zero attached hydrogens (tertiary/aromatic N) is 6. The van der Waals surface area contributed by atoms with Gasteiger partial charge in [0.25, 0.3) is 5.91 Å². The van der Waals surface area contributed by atoms with E-state index in [4.69, 9.17) is 15.6 Å². The van der Waals surface area contributed by atoms with E-state index in [1.165, 1.54) is 6.07 Å². The Hall–Kier alpha value is -4.27. The Morgan fingerprint density at radius 2 is 1.77 bits per heavy atom. The number of piperidine rings is 1. The number of amides is 1. The maximum atomic E-state index is 15.3. The Morgan fingerprint density at radius 3 is 2.38 bits per heavy atom. The second-order valence-corrected chi connectivity index (χ2v) is 9.22. The van der Waals surface area contributed by atoms with Gasteiger partial charge >= 0.3 is 12.1 Å². The first-order valence-electron chi connectivity index (χ1n) is 11.9. The fourth-order valence-corrected chi connectivity index (χ4v) is 4.41. The largest absolute Gasteiger partial charge is 0.490 e. The molecule has 4 heterocycles. The van der Waals surface area contributed by atoms with Gasteiger partial charge < -0.3 is 25.5 Å². The number of carboxylic acid groups (broad SMARTS) is 1. The van der Waals surface area contributed by atoms with E-state index in [-0.39, 0.29) is 11.6 Å². The van der Waals surface area contributed by atoms with Crippen molar-refractivity contribution in [1.29, 1.82) is 0 Å². The molecule has 39 heavy (non-hydrogen) atoms. The van der Waals surface area contributed by atoms with Crippen LogP contribution >= 0.6 is 0 Å². The fraction of sp³-hybridized carbons (Fsp3) is 0.375. The van der Waals surface area contributed by atoms with E-state index in [0.29, 0.717) is 17.0 Å². The van der Waals surface area contributed by atoms with Gasteiger partial charge in [0.05, 0.1) is 23.3 Å². The number of hydrogen-bond acceptors (Lipinski definition) is 7. The Morgan fingerprint density at radius 1 is 1.13 bits per heavy atom. The second-order valence-electron chi connectivity index (χ2n) is 9.22. The highest BCUT2D eigenvalue weighted by Crippen LogP contribution is 2.33. The van der Waals surface area contributed by atoms with E-state index < -0.39 is 23.9 Å². The molecule has 4 aromatic rings. The Kier molecular flexibility index (Phi) is 7.46. The summed E-state index contributed by atoms with van der Waals surface area (Å²) in [7, 11) is 1.76. The number of aromatic nitrogens is 5. The average Bonchev–Trinajstić information content (AvgIpc) is 3.41. The highest BCUT2D eigenvalue weighted by molar-refractivity contribution is 6.14. The van der Waals surface area contributed by atoms with E-state index in [1.54, 1.807) is 22.3 Å². The molecule has 0 saturated carbocycles. The fourth-order valence-electron chi connectivity index (χ4n) is 4.41. The molecule has 0 aliphatic carbocycles. The summed E-state index contributed by atoms with van der Waals surface area (Å²) < 4.78 is 50.4. The molecule has 1 aliphatic rings. The van der Waals surface area contributed by atoms with Crippen molar-refractivity contribution in [3.63, 3.8) is 0 Å². The van der Waals surface area contributed by atoms with Gasteiger partial charge in [-0.3, -0.25) is 14.5 Å². The molecule has 4 N–H and O–H groups in total. The van der Waals surface area contributed by atoms with Gasteiger partial charge in [0, 0.05) is 44.0 Å². The summed E-state index contributed by atoms with van der Waals surface area (Å²) in [5.41, 5.74) is 9.20. The number of alkyl halides is 3. The first-order chi connectivity index (χ1) is 18.2. The number of anilines is 2. The minimum atomic E-state index is -5.08. The van der Waals surface area contributed by atoms with Crippen LogP contribution in [0.3, 0.4) is 0 Å². The van der Waals surface area contributed by atoms with Crippen LogP contribution in [0.25, 0.3) is 16.6 Å². The third-order valence-corrected chi connectivity index (χ3v) is 6.16. The van der Waals surface area contributed by atoms with Gasteiger partial charge in [-0.25, -0.2) is 14.2 Å². The van der Waals surface area contributed by atoms with Crippen LogP contribution in [0.4, 0.5) is 29.1 Å². The summed E-state index contributed by atoms with van der Waals surface area (Å²) in [4.78, 5) is 32.9. The standard InChI is InChI=1S/C22H25FN8O.C2HF3O2/c1-12-9-31-11-18(26-21(31)13(2)25-12)27-22(32)19-16(23)8-17(15-10-29(3)28-20(15)19)30-6-4-14(24)5-7-30;3-2(4,5)1(6)7/h8-11,14H,4-7,24H2,1-3H3,(H,27,32);(H,6,7). The van der Waals surface area contributed by atoms with Crippen LogP contribution in [-0.2, 0) is 11.8 Å². The number of aliphatic carboxylic acids is 1. The van der Waals surface area contributed by atoms with Crippen molar-refractivity contribution < 1.29 is 32.3 Å². The zero-order valence-electron chi connectivity index (χ0n) is 21.3. The first-order valence-corrected chi connectivity index (χ1v) is 11.9. The van der Waals surface area contributed by atoms with Gasteiger partial charge in [-0.05, 0) is 32.8 Å². The molecule has 0 bridgehead atoms. The predicted molar refractivity (Wildman–Crippen MR) is 134 cm³/mol. The molecule has 0 spiro atoms. The van der Waals surface area contributed by atoms with E-state index in [9.17, 15) is 18.0 Å². The molecule has 0 unspecified atom stereocenters. The summed E-state index contributed by atoms with van der Waals surface area (Å²) in [5.74, 6) is -3.64. The highest BCUT2D eigenvalue weighted by atomic mass is 19.4. The van der Waals surface area contributed by atoms with Crippen LogP contribution in [0.2, 0.25) is 0 Å². The van der Waals surface area contributed by atoms with Crippen LogP contribution in [0.1, 0.15) is 34.6 Å². The number of rotatable bonds is 3. The number of aryl methyl sites for hydroxylation is 3. The maximum absolute atomic E-state index is 15.3. The first kappa shape index (κ1) is 27.8. The summed E-state index contributed by atoms with van der Waals surface area (Å²) in [6.07, 6.45) is 1.92. The quantitative estimate of drug-likeness (QED) is 0.330. The smallest absolute Gasteiger partial charge is 0.475 e. The lowest BCUT2D eigenvalue weighted by molar-refractivity contribution is -0.192.